The zero-order valence-electron chi connectivity index (χ0n) is 10.1. The maximum absolute atomic E-state index is 9.90. The number of ether oxygens (including phenoxy) is 1. The number of aromatic hydroxyl groups is 1. The van der Waals surface area contributed by atoms with E-state index in [1.165, 1.54) is 25.9 Å². The molecule has 1 fully saturated rings. The lowest BCUT2D eigenvalue weighted by Crippen LogP contribution is -2.25. The lowest BCUT2D eigenvalue weighted by atomic mass is 10.2. The molecule has 0 atom stereocenters. The SMILES string of the molecule is Cc1c(Br)ccc(OCCN2CCCC2)c1O. The standard InChI is InChI=1S/C13H18BrNO2/c1-10-11(14)4-5-12(13(10)16)17-9-8-15-6-2-3-7-15/h4-5,16H,2-3,6-9H2,1H3. The van der Waals surface area contributed by atoms with E-state index in [1.54, 1.807) is 6.07 Å². The molecule has 0 aromatic heterocycles. The molecule has 1 aromatic rings. The summed E-state index contributed by atoms with van der Waals surface area (Å²) in [6, 6.07) is 3.70. The molecule has 1 aromatic carbocycles. The van der Waals surface area contributed by atoms with Crippen LogP contribution in [0.2, 0.25) is 0 Å². The zero-order valence-corrected chi connectivity index (χ0v) is 11.7. The first kappa shape index (κ1) is 12.7. The molecule has 17 heavy (non-hydrogen) atoms. The highest BCUT2D eigenvalue weighted by Crippen LogP contribution is 2.34. The van der Waals surface area contributed by atoms with Crippen molar-refractivity contribution < 1.29 is 9.84 Å². The van der Waals surface area contributed by atoms with Gasteiger partial charge in [-0.25, -0.2) is 0 Å². The van der Waals surface area contributed by atoms with Gasteiger partial charge in [-0.3, -0.25) is 4.90 Å². The molecule has 2 rings (SSSR count). The Balaban J connectivity index is 1.88. The molecule has 0 unspecified atom stereocenters. The van der Waals surface area contributed by atoms with Crippen LogP contribution in [0.5, 0.6) is 11.5 Å². The summed E-state index contributed by atoms with van der Waals surface area (Å²) in [7, 11) is 0. The quantitative estimate of drug-likeness (QED) is 0.928. The van der Waals surface area contributed by atoms with Crippen molar-refractivity contribution in [3.8, 4) is 11.5 Å². The molecule has 4 heteroatoms. The van der Waals surface area contributed by atoms with Crippen molar-refractivity contribution >= 4 is 15.9 Å². The monoisotopic (exact) mass is 299 g/mol. The van der Waals surface area contributed by atoms with Gasteiger partial charge in [0.2, 0.25) is 0 Å². The Bertz CT molecular complexity index is 389. The maximum Gasteiger partial charge on any atom is 0.161 e. The lowest BCUT2D eigenvalue weighted by Gasteiger charge is -2.16. The van der Waals surface area contributed by atoms with Crippen molar-refractivity contribution in [3.05, 3.63) is 22.2 Å². The largest absolute Gasteiger partial charge is 0.504 e. The summed E-state index contributed by atoms with van der Waals surface area (Å²) in [5.74, 6) is 0.811. The third-order valence-electron chi connectivity index (χ3n) is 3.19. The second-order valence-corrected chi connectivity index (χ2v) is 5.27. The molecule has 1 aliphatic heterocycles. The van der Waals surface area contributed by atoms with Crippen LogP contribution < -0.4 is 4.74 Å². The van der Waals surface area contributed by atoms with Gasteiger partial charge in [0.05, 0.1) is 0 Å². The van der Waals surface area contributed by atoms with Gasteiger partial charge in [-0.15, -0.1) is 0 Å². The molecule has 1 N–H and O–H groups in total. The van der Waals surface area contributed by atoms with Crippen molar-refractivity contribution in [1.29, 1.82) is 0 Å². The fourth-order valence-electron chi connectivity index (χ4n) is 2.06. The minimum absolute atomic E-state index is 0.237. The molecule has 0 amide bonds. The van der Waals surface area contributed by atoms with Gasteiger partial charge in [0, 0.05) is 16.6 Å². The van der Waals surface area contributed by atoms with Gasteiger partial charge in [-0.1, -0.05) is 15.9 Å². The first-order valence-electron chi connectivity index (χ1n) is 6.01. The summed E-state index contributed by atoms with van der Waals surface area (Å²) in [6.07, 6.45) is 2.59. The van der Waals surface area contributed by atoms with E-state index in [-0.39, 0.29) is 5.75 Å². The fraction of sp³-hybridized carbons (Fsp3) is 0.538. The second kappa shape index (κ2) is 5.74. The van der Waals surface area contributed by atoms with E-state index in [1.807, 2.05) is 13.0 Å². The van der Waals surface area contributed by atoms with Crippen LogP contribution in [0.25, 0.3) is 0 Å². The van der Waals surface area contributed by atoms with E-state index < -0.39 is 0 Å². The summed E-state index contributed by atoms with van der Waals surface area (Å²) < 4.78 is 6.53. The number of phenolic OH excluding ortho intramolecular Hbond substituents is 1. The van der Waals surface area contributed by atoms with Crippen LogP contribution >= 0.6 is 15.9 Å². The average molecular weight is 300 g/mol. The van der Waals surface area contributed by atoms with Crippen LogP contribution in [0.3, 0.4) is 0 Å². The van der Waals surface area contributed by atoms with E-state index >= 15 is 0 Å². The molecule has 0 spiro atoms. The summed E-state index contributed by atoms with van der Waals surface area (Å²) in [5.41, 5.74) is 0.823. The molecule has 0 aliphatic carbocycles. The molecule has 0 radical (unpaired) electrons. The molecule has 94 valence electrons. The van der Waals surface area contributed by atoms with Crippen LogP contribution in [0.4, 0.5) is 0 Å². The number of halogens is 1. The van der Waals surface area contributed by atoms with Crippen LogP contribution in [0, 0.1) is 6.92 Å². The van der Waals surface area contributed by atoms with E-state index in [2.05, 4.69) is 20.8 Å². The van der Waals surface area contributed by atoms with Gasteiger partial charge in [-0.2, -0.15) is 0 Å². The summed E-state index contributed by atoms with van der Waals surface area (Å²) in [4.78, 5) is 2.39. The summed E-state index contributed by atoms with van der Waals surface area (Å²) >= 11 is 3.38. The lowest BCUT2D eigenvalue weighted by molar-refractivity contribution is 0.231. The van der Waals surface area contributed by atoms with E-state index in [0.717, 1.165) is 16.6 Å². The van der Waals surface area contributed by atoms with Crippen molar-refractivity contribution in [3.63, 3.8) is 0 Å². The van der Waals surface area contributed by atoms with Gasteiger partial charge in [0.15, 0.2) is 11.5 Å². The molecular formula is C13H18BrNO2. The van der Waals surface area contributed by atoms with Gasteiger partial charge < -0.3 is 9.84 Å². The molecule has 0 saturated carbocycles. The topological polar surface area (TPSA) is 32.7 Å². The zero-order chi connectivity index (χ0) is 12.3. The third kappa shape index (κ3) is 3.13. The van der Waals surface area contributed by atoms with Gasteiger partial charge in [-0.05, 0) is 45.0 Å². The number of hydrogen-bond donors (Lipinski definition) is 1. The summed E-state index contributed by atoms with van der Waals surface area (Å²) in [6.45, 7) is 5.79. The minimum Gasteiger partial charge on any atom is -0.504 e. The number of benzene rings is 1. The number of likely N-dealkylation sites (tertiary alicyclic amines) is 1. The van der Waals surface area contributed by atoms with E-state index in [4.69, 9.17) is 4.74 Å². The second-order valence-electron chi connectivity index (χ2n) is 4.42. The molecule has 1 aliphatic rings. The number of hydrogen-bond acceptors (Lipinski definition) is 3. The highest BCUT2D eigenvalue weighted by atomic mass is 79.9. The minimum atomic E-state index is 0.237. The number of phenols is 1. The van der Waals surface area contributed by atoms with E-state index in [0.29, 0.717) is 12.4 Å². The Kier molecular flexibility index (Phi) is 4.29. The van der Waals surface area contributed by atoms with Crippen molar-refractivity contribution in [2.45, 2.75) is 19.8 Å². The smallest absolute Gasteiger partial charge is 0.161 e. The fourth-order valence-corrected chi connectivity index (χ4v) is 2.38. The molecular weight excluding hydrogens is 282 g/mol. The third-order valence-corrected chi connectivity index (χ3v) is 4.05. The van der Waals surface area contributed by atoms with Crippen LogP contribution in [-0.4, -0.2) is 36.2 Å². The number of rotatable bonds is 4. The maximum atomic E-state index is 9.90. The van der Waals surface area contributed by atoms with Crippen molar-refractivity contribution in [1.82, 2.24) is 4.90 Å². The van der Waals surface area contributed by atoms with Gasteiger partial charge in [0.25, 0.3) is 0 Å². The van der Waals surface area contributed by atoms with E-state index in [9.17, 15) is 5.11 Å². The predicted molar refractivity (Wildman–Crippen MR) is 71.7 cm³/mol. The average Bonchev–Trinajstić information content (AvgIpc) is 2.82. The Morgan fingerprint density at radius 1 is 1.35 bits per heavy atom. The van der Waals surface area contributed by atoms with Crippen molar-refractivity contribution in [2.75, 3.05) is 26.2 Å². The molecule has 0 bridgehead atoms. The van der Waals surface area contributed by atoms with Crippen molar-refractivity contribution in [2.24, 2.45) is 0 Å². The van der Waals surface area contributed by atoms with Crippen LogP contribution in [0.15, 0.2) is 16.6 Å². The van der Waals surface area contributed by atoms with Gasteiger partial charge >= 0.3 is 0 Å². The highest BCUT2D eigenvalue weighted by Gasteiger charge is 2.12. The summed E-state index contributed by atoms with van der Waals surface area (Å²) in [5, 5.41) is 9.90. The molecule has 1 heterocycles. The Morgan fingerprint density at radius 3 is 2.76 bits per heavy atom. The van der Waals surface area contributed by atoms with Crippen LogP contribution in [0.1, 0.15) is 18.4 Å². The Hall–Kier alpha value is -0.740. The van der Waals surface area contributed by atoms with Crippen LogP contribution in [-0.2, 0) is 0 Å². The Morgan fingerprint density at radius 2 is 2.06 bits per heavy atom. The molecule has 1 saturated heterocycles. The number of nitrogens with zero attached hydrogens (tertiary/aromatic N) is 1. The normalized spacial score (nSPS) is 16.4. The Labute approximate surface area is 111 Å². The van der Waals surface area contributed by atoms with Gasteiger partial charge in [0.1, 0.15) is 6.61 Å². The first-order chi connectivity index (χ1) is 8.18. The highest BCUT2D eigenvalue weighted by molar-refractivity contribution is 9.10. The first-order valence-corrected chi connectivity index (χ1v) is 6.81. The predicted octanol–water partition coefficient (Wildman–Crippen LogP) is 2.94. The molecule has 3 nitrogen and oxygen atoms in total.